The second kappa shape index (κ2) is 8.47. The second-order valence-corrected chi connectivity index (χ2v) is 6.04. The van der Waals surface area contributed by atoms with Crippen LogP contribution in [0.1, 0.15) is 11.4 Å². The maximum atomic E-state index is 5.41. The Labute approximate surface area is 174 Å². The molecule has 0 saturated carbocycles. The highest BCUT2D eigenvalue weighted by Gasteiger charge is 2.13. The van der Waals surface area contributed by atoms with E-state index in [2.05, 4.69) is 31.2 Å². The Balaban J connectivity index is 0.00000210. The number of hydrogen-bond acceptors (Lipinski definition) is 4. The lowest BCUT2D eigenvalue weighted by molar-refractivity contribution is 0.174. The molecule has 0 saturated heterocycles. The van der Waals surface area contributed by atoms with Crippen LogP contribution in [-0.2, 0) is 20.1 Å². The van der Waals surface area contributed by atoms with Gasteiger partial charge in [-0.15, -0.1) is 24.0 Å². The molecule has 1 aliphatic rings. The summed E-state index contributed by atoms with van der Waals surface area (Å²) in [6, 6.07) is 14.0. The molecule has 2 heterocycles. The number of aliphatic imine (C=N–C) groups is 1. The second-order valence-electron chi connectivity index (χ2n) is 6.04. The first-order valence-electron chi connectivity index (χ1n) is 8.48. The van der Waals surface area contributed by atoms with Crippen LogP contribution in [0.25, 0.3) is 11.0 Å². The van der Waals surface area contributed by atoms with Gasteiger partial charge in [-0.3, -0.25) is 4.99 Å². The quantitative estimate of drug-likeness (QED) is 0.342. The highest BCUT2D eigenvalue weighted by molar-refractivity contribution is 14.0. The number of hydrogen-bond donors (Lipinski definition) is 2. The molecule has 4 rings (SSSR count). The number of aromatic nitrogens is 2. The van der Waals surface area contributed by atoms with Crippen LogP contribution < -0.4 is 20.1 Å². The average molecular weight is 479 g/mol. The van der Waals surface area contributed by atoms with Crippen LogP contribution in [-0.4, -0.2) is 29.4 Å². The van der Waals surface area contributed by atoms with Crippen molar-refractivity contribution in [2.45, 2.75) is 13.1 Å². The number of guanidine groups is 1. The first-order chi connectivity index (χ1) is 12.7. The highest BCUT2D eigenvalue weighted by Crippen LogP contribution is 2.32. The van der Waals surface area contributed by atoms with Gasteiger partial charge in [0.05, 0.1) is 17.6 Å². The molecule has 2 N–H and O–H groups in total. The molecule has 27 heavy (non-hydrogen) atoms. The van der Waals surface area contributed by atoms with E-state index in [-0.39, 0.29) is 30.8 Å². The number of halogens is 1. The summed E-state index contributed by atoms with van der Waals surface area (Å²) in [4.78, 5) is 8.94. The third kappa shape index (κ3) is 4.10. The molecule has 2 aromatic carbocycles. The number of para-hydroxylation sites is 2. The normalized spacial score (nSPS) is 12.7. The van der Waals surface area contributed by atoms with Gasteiger partial charge < -0.3 is 24.7 Å². The minimum absolute atomic E-state index is 0. The van der Waals surface area contributed by atoms with Gasteiger partial charge in [-0.1, -0.05) is 18.2 Å². The molecule has 0 unspecified atom stereocenters. The number of nitrogens with zero attached hydrogens (tertiary/aromatic N) is 3. The first kappa shape index (κ1) is 19.3. The van der Waals surface area contributed by atoms with Gasteiger partial charge >= 0.3 is 0 Å². The molecule has 8 heteroatoms. The lowest BCUT2D eigenvalue weighted by Crippen LogP contribution is -2.36. The summed E-state index contributed by atoms with van der Waals surface area (Å²) in [5.74, 6) is 3.25. The molecule has 142 valence electrons. The molecule has 1 aliphatic heterocycles. The standard InChI is InChI=1S/C19H21N5O2.HI/c1-20-19(21-10-13-7-8-16-17(9-13)26-12-25-16)22-11-18-23-14-5-3-4-6-15(14)24(18)2;/h3-9H,10-12H2,1-2H3,(H2,20,21,22);1H. The lowest BCUT2D eigenvalue weighted by Gasteiger charge is -2.12. The van der Waals surface area contributed by atoms with Crippen molar-refractivity contribution in [1.82, 2.24) is 20.2 Å². The molecule has 7 nitrogen and oxygen atoms in total. The Morgan fingerprint density at radius 3 is 2.70 bits per heavy atom. The van der Waals surface area contributed by atoms with E-state index in [0.717, 1.165) is 39.9 Å². The minimum atomic E-state index is 0. The fourth-order valence-electron chi connectivity index (χ4n) is 2.97. The average Bonchev–Trinajstić information content (AvgIpc) is 3.26. The van der Waals surface area contributed by atoms with E-state index in [1.807, 2.05) is 43.4 Å². The summed E-state index contributed by atoms with van der Waals surface area (Å²) in [5.41, 5.74) is 3.21. The maximum Gasteiger partial charge on any atom is 0.231 e. The predicted octanol–water partition coefficient (Wildman–Crippen LogP) is 2.79. The van der Waals surface area contributed by atoms with Crippen molar-refractivity contribution >= 4 is 41.0 Å². The summed E-state index contributed by atoms with van der Waals surface area (Å²) in [6.07, 6.45) is 0. The highest BCUT2D eigenvalue weighted by atomic mass is 127. The topological polar surface area (TPSA) is 72.7 Å². The maximum absolute atomic E-state index is 5.41. The van der Waals surface area contributed by atoms with Crippen LogP contribution in [0.15, 0.2) is 47.5 Å². The number of fused-ring (bicyclic) bond motifs is 2. The fourth-order valence-corrected chi connectivity index (χ4v) is 2.97. The largest absolute Gasteiger partial charge is 0.454 e. The molecular formula is C19H22IN5O2. The molecule has 0 radical (unpaired) electrons. The number of ether oxygens (including phenoxy) is 2. The van der Waals surface area contributed by atoms with Crippen LogP contribution in [0.4, 0.5) is 0 Å². The summed E-state index contributed by atoms with van der Waals surface area (Å²) in [7, 11) is 3.78. The van der Waals surface area contributed by atoms with Crippen molar-refractivity contribution in [3.63, 3.8) is 0 Å². The van der Waals surface area contributed by atoms with E-state index in [9.17, 15) is 0 Å². The molecule has 0 spiro atoms. The molecular weight excluding hydrogens is 457 g/mol. The molecule has 1 aromatic heterocycles. The third-order valence-electron chi connectivity index (χ3n) is 4.41. The van der Waals surface area contributed by atoms with Crippen molar-refractivity contribution in [2.24, 2.45) is 12.0 Å². The Morgan fingerprint density at radius 1 is 1.11 bits per heavy atom. The van der Waals surface area contributed by atoms with Crippen LogP contribution in [0, 0.1) is 0 Å². The van der Waals surface area contributed by atoms with Crippen LogP contribution in [0.5, 0.6) is 11.5 Å². The lowest BCUT2D eigenvalue weighted by atomic mass is 10.2. The number of benzene rings is 2. The SMILES string of the molecule is CN=C(NCc1ccc2c(c1)OCO2)NCc1nc2ccccc2n1C.I. The Bertz CT molecular complexity index is 970. The van der Waals surface area contributed by atoms with Crippen molar-refractivity contribution in [3.8, 4) is 11.5 Å². The number of nitrogens with one attached hydrogen (secondary N) is 2. The van der Waals surface area contributed by atoms with E-state index in [4.69, 9.17) is 9.47 Å². The van der Waals surface area contributed by atoms with Crippen molar-refractivity contribution < 1.29 is 9.47 Å². The van der Waals surface area contributed by atoms with E-state index < -0.39 is 0 Å². The van der Waals surface area contributed by atoms with Crippen molar-refractivity contribution in [1.29, 1.82) is 0 Å². The van der Waals surface area contributed by atoms with Gasteiger partial charge in [0.15, 0.2) is 17.5 Å². The van der Waals surface area contributed by atoms with Crippen LogP contribution in [0.3, 0.4) is 0 Å². The van der Waals surface area contributed by atoms with Gasteiger partial charge in [0.2, 0.25) is 6.79 Å². The minimum Gasteiger partial charge on any atom is -0.454 e. The van der Waals surface area contributed by atoms with Gasteiger partial charge in [0.25, 0.3) is 0 Å². The van der Waals surface area contributed by atoms with Gasteiger partial charge in [-0.05, 0) is 29.8 Å². The molecule has 0 aliphatic carbocycles. The van der Waals surface area contributed by atoms with Gasteiger partial charge in [0.1, 0.15) is 5.82 Å². The summed E-state index contributed by atoms with van der Waals surface area (Å²) < 4.78 is 12.8. The van der Waals surface area contributed by atoms with Crippen molar-refractivity contribution in [2.75, 3.05) is 13.8 Å². The summed E-state index contributed by atoms with van der Waals surface area (Å²) >= 11 is 0. The van der Waals surface area contributed by atoms with Gasteiger partial charge in [-0.25, -0.2) is 4.98 Å². The summed E-state index contributed by atoms with van der Waals surface area (Å²) in [5, 5.41) is 6.62. The number of rotatable bonds is 4. The smallest absolute Gasteiger partial charge is 0.231 e. The molecule has 0 bridgehead atoms. The predicted molar refractivity (Wildman–Crippen MR) is 116 cm³/mol. The van der Waals surface area contributed by atoms with Crippen molar-refractivity contribution in [3.05, 3.63) is 53.9 Å². The Kier molecular flexibility index (Phi) is 6.04. The zero-order chi connectivity index (χ0) is 17.9. The van der Waals surface area contributed by atoms with E-state index in [1.54, 1.807) is 7.05 Å². The van der Waals surface area contributed by atoms with E-state index in [0.29, 0.717) is 13.1 Å². The summed E-state index contributed by atoms with van der Waals surface area (Å²) in [6.45, 7) is 1.51. The zero-order valence-corrected chi connectivity index (χ0v) is 17.6. The van der Waals surface area contributed by atoms with Crippen LogP contribution >= 0.6 is 24.0 Å². The van der Waals surface area contributed by atoms with E-state index in [1.165, 1.54) is 0 Å². The number of aryl methyl sites for hydroxylation is 1. The van der Waals surface area contributed by atoms with Gasteiger partial charge in [0, 0.05) is 20.6 Å². The zero-order valence-electron chi connectivity index (χ0n) is 15.2. The monoisotopic (exact) mass is 479 g/mol. The van der Waals surface area contributed by atoms with E-state index >= 15 is 0 Å². The molecule has 3 aromatic rings. The fraction of sp³-hybridized carbons (Fsp3) is 0.263. The van der Waals surface area contributed by atoms with Crippen LogP contribution in [0.2, 0.25) is 0 Å². The first-order valence-corrected chi connectivity index (χ1v) is 8.48. The molecule has 0 atom stereocenters. The van der Waals surface area contributed by atoms with Gasteiger partial charge in [-0.2, -0.15) is 0 Å². The Morgan fingerprint density at radius 2 is 1.89 bits per heavy atom. The molecule has 0 amide bonds. The third-order valence-corrected chi connectivity index (χ3v) is 4.41. The number of imidazole rings is 1. The molecule has 0 fully saturated rings. The Hall–Kier alpha value is -2.49.